The van der Waals surface area contributed by atoms with Crippen molar-refractivity contribution >= 4 is 35.5 Å². The molecule has 0 aliphatic carbocycles. The van der Waals surface area contributed by atoms with Crippen LogP contribution in [0.3, 0.4) is 0 Å². The Hall–Kier alpha value is -3.94. The van der Waals surface area contributed by atoms with E-state index in [0.29, 0.717) is 24.1 Å². The van der Waals surface area contributed by atoms with Gasteiger partial charge in [0.1, 0.15) is 17.5 Å². The van der Waals surface area contributed by atoms with Gasteiger partial charge < -0.3 is 20.8 Å². The fraction of sp³-hybridized carbons (Fsp3) is 0.381. The molecule has 13 nitrogen and oxygen atoms in total. The predicted octanol–water partition coefficient (Wildman–Crippen LogP) is -0.654. The van der Waals surface area contributed by atoms with E-state index >= 15 is 0 Å². The number of carboxylic acids is 1. The average molecular weight is 500 g/mol. The van der Waals surface area contributed by atoms with Gasteiger partial charge in [0, 0.05) is 25.1 Å². The quantitative estimate of drug-likeness (QED) is 0.326. The topological polar surface area (TPSA) is 185 Å². The minimum absolute atomic E-state index is 0.0186. The van der Waals surface area contributed by atoms with Crippen molar-refractivity contribution in [2.75, 3.05) is 12.3 Å². The number of likely N-dealkylation sites (tertiary alicyclic amines) is 1. The number of hydrogen-bond donors (Lipinski definition) is 3. The van der Waals surface area contributed by atoms with Gasteiger partial charge in [-0.25, -0.2) is 9.48 Å². The van der Waals surface area contributed by atoms with Gasteiger partial charge in [-0.3, -0.25) is 19.3 Å². The molecule has 4 N–H and O–H groups in total. The van der Waals surface area contributed by atoms with Gasteiger partial charge in [-0.2, -0.15) is 0 Å². The second kappa shape index (κ2) is 8.37. The second-order valence-corrected chi connectivity index (χ2v) is 9.57. The zero-order chi connectivity index (χ0) is 25.0. The first-order chi connectivity index (χ1) is 16.7. The van der Waals surface area contributed by atoms with Crippen LogP contribution in [-0.4, -0.2) is 88.3 Å². The van der Waals surface area contributed by atoms with E-state index in [9.17, 15) is 29.4 Å². The maximum Gasteiger partial charge on any atom is 0.352 e. The van der Waals surface area contributed by atoms with Crippen LogP contribution in [0.25, 0.3) is 0 Å². The van der Waals surface area contributed by atoms with Crippen LogP contribution in [-0.2, 0) is 19.2 Å². The smallest absolute Gasteiger partial charge is 0.352 e. The third-order valence-corrected chi connectivity index (χ3v) is 7.63. The molecule has 1 aromatic heterocycles. The highest BCUT2D eigenvalue weighted by Crippen LogP contribution is 2.47. The Kier molecular flexibility index (Phi) is 5.46. The van der Waals surface area contributed by atoms with Crippen LogP contribution in [0.2, 0.25) is 0 Å². The average Bonchev–Trinajstić information content (AvgIpc) is 3.41. The summed E-state index contributed by atoms with van der Waals surface area (Å²) < 4.78 is 1.24. The molecular weight excluding hydrogens is 478 g/mol. The van der Waals surface area contributed by atoms with Crippen molar-refractivity contribution in [2.45, 2.75) is 36.6 Å². The van der Waals surface area contributed by atoms with E-state index in [4.69, 9.17) is 5.73 Å². The van der Waals surface area contributed by atoms with Gasteiger partial charge in [0.05, 0.1) is 6.04 Å². The molecule has 2 aromatic rings. The summed E-state index contributed by atoms with van der Waals surface area (Å²) in [6.07, 6.45) is 0.405. The zero-order valence-corrected chi connectivity index (χ0v) is 19.3. The number of β-lactam (4-membered cyclic amide) rings is 1. The van der Waals surface area contributed by atoms with Gasteiger partial charge in [-0.05, 0) is 40.1 Å². The number of aromatic nitrogens is 4. The van der Waals surface area contributed by atoms with Crippen LogP contribution >= 0.6 is 11.8 Å². The summed E-state index contributed by atoms with van der Waals surface area (Å²) in [7, 11) is 0. The standard InChI is InChI=1S/C21H21N7O6S/c1-9(29)26-7-11-6-12(16(20(33)34)27-14(11)17(26)19(27)32)8-35-21-23-24-25-28(21)15(18(22)31)10-2-4-13(30)5-3-10/h2-5,11,14-15,17,30H,6-8H2,1H3,(H2,22,31)(H,33,34)/t11-,14-,15?,17+/m1/s1. The number of tetrazole rings is 1. The number of nitrogens with two attached hydrogens (primary N) is 1. The molecule has 35 heavy (non-hydrogen) atoms. The van der Waals surface area contributed by atoms with Crippen LogP contribution in [0.5, 0.6) is 5.75 Å². The molecule has 3 aliphatic rings. The third-order valence-electron chi connectivity index (χ3n) is 6.61. The van der Waals surface area contributed by atoms with Gasteiger partial charge in [-0.15, -0.1) is 5.10 Å². The van der Waals surface area contributed by atoms with Gasteiger partial charge in [0.25, 0.3) is 5.91 Å². The number of thioether (sulfide) groups is 1. The molecule has 0 spiro atoms. The van der Waals surface area contributed by atoms with Gasteiger partial charge in [-0.1, -0.05) is 23.9 Å². The van der Waals surface area contributed by atoms with Gasteiger partial charge in [0.15, 0.2) is 6.04 Å². The molecule has 3 amide bonds. The van der Waals surface area contributed by atoms with Crippen molar-refractivity contribution < 1.29 is 29.4 Å². The first-order valence-electron chi connectivity index (χ1n) is 10.7. The largest absolute Gasteiger partial charge is 0.508 e. The molecule has 1 aromatic carbocycles. The lowest BCUT2D eigenvalue weighted by Gasteiger charge is -2.49. The number of aliphatic carboxylic acids is 1. The number of carboxylic acid groups (broad SMARTS) is 1. The van der Waals surface area contributed by atoms with Crippen LogP contribution in [0.1, 0.15) is 24.9 Å². The molecule has 1 unspecified atom stereocenters. The summed E-state index contributed by atoms with van der Waals surface area (Å²) in [5.41, 5.74) is 6.52. The summed E-state index contributed by atoms with van der Waals surface area (Å²) in [5.74, 6) is -2.43. The van der Waals surface area contributed by atoms with Crippen molar-refractivity contribution in [3.63, 3.8) is 0 Å². The fourth-order valence-corrected chi connectivity index (χ4v) is 6.09. The molecule has 5 rings (SSSR count). The first kappa shape index (κ1) is 22.8. The molecule has 14 heteroatoms. The highest BCUT2D eigenvalue weighted by molar-refractivity contribution is 7.99. The minimum atomic E-state index is -1.22. The predicted molar refractivity (Wildman–Crippen MR) is 119 cm³/mol. The molecule has 3 aliphatic heterocycles. The SMILES string of the molecule is CC(=O)N1C[C@H]2CC(CSc3nnnn3C(C(N)=O)c3ccc(O)cc3)=C(C(=O)O)N3C(=O)[C@@H]1[C@@H]23. The number of phenols is 1. The molecule has 4 atom stereocenters. The Morgan fingerprint density at radius 1 is 1.26 bits per heavy atom. The van der Waals surface area contributed by atoms with Crippen molar-refractivity contribution in [3.05, 3.63) is 41.1 Å². The Morgan fingerprint density at radius 3 is 2.60 bits per heavy atom. The number of aromatic hydroxyl groups is 1. The van der Waals surface area contributed by atoms with Gasteiger partial charge in [0.2, 0.25) is 17.0 Å². The zero-order valence-electron chi connectivity index (χ0n) is 18.4. The Balaban J connectivity index is 1.42. The number of hydrogen-bond acceptors (Lipinski definition) is 9. The highest BCUT2D eigenvalue weighted by atomic mass is 32.2. The molecule has 4 heterocycles. The van der Waals surface area contributed by atoms with Crippen LogP contribution in [0, 0.1) is 5.92 Å². The first-order valence-corrected chi connectivity index (χ1v) is 11.7. The number of phenolic OH excluding ortho intramolecular Hbond substituents is 1. The van der Waals surface area contributed by atoms with E-state index in [1.165, 1.54) is 45.7 Å². The van der Waals surface area contributed by atoms with Gasteiger partial charge >= 0.3 is 5.97 Å². The van der Waals surface area contributed by atoms with E-state index in [0.717, 1.165) is 11.8 Å². The number of amides is 3. The molecule has 0 bridgehead atoms. The summed E-state index contributed by atoms with van der Waals surface area (Å²) in [6.45, 7) is 1.79. The van der Waals surface area contributed by atoms with Crippen molar-refractivity contribution in [1.82, 2.24) is 30.0 Å². The lowest BCUT2D eigenvalue weighted by atomic mass is 9.79. The highest BCUT2D eigenvalue weighted by Gasteiger charge is 2.63. The van der Waals surface area contributed by atoms with Crippen LogP contribution in [0.15, 0.2) is 40.7 Å². The number of primary amides is 1. The molecule has 0 radical (unpaired) electrons. The maximum atomic E-state index is 12.8. The third kappa shape index (κ3) is 3.60. The minimum Gasteiger partial charge on any atom is -0.508 e. The van der Waals surface area contributed by atoms with Crippen molar-refractivity contribution in [1.29, 1.82) is 0 Å². The molecule has 2 saturated heterocycles. The number of carbonyl (C=O) groups excluding carboxylic acids is 3. The Bertz CT molecular complexity index is 1280. The molecule has 182 valence electrons. The summed E-state index contributed by atoms with van der Waals surface area (Å²) in [4.78, 5) is 51.9. The lowest BCUT2D eigenvalue weighted by Crippen LogP contribution is -2.69. The van der Waals surface area contributed by atoms with Crippen LogP contribution < -0.4 is 5.73 Å². The molecule has 0 saturated carbocycles. The Morgan fingerprint density at radius 2 is 1.97 bits per heavy atom. The van der Waals surface area contributed by atoms with E-state index in [1.54, 1.807) is 0 Å². The molecular formula is C21H21N7O6S. The normalized spacial score (nSPS) is 23.7. The number of rotatable bonds is 7. The number of nitrogens with zero attached hydrogens (tertiary/aromatic N) is 6. The number of carbonyl (C=O) groups is 4. The van der Waals surface area contributed by atoms with Crippen molar-refractivity contribution in [2.24, 2.45) is 11.7 Å². The van der Waals surface area contributed by atoms with E-state index < -0.39 is 29.9 Å². The van der Waals surface area contributed by atoms with Crippen molar-refractivity contribution in [3.8, 4) is 5.75 Å². The maximum absolute atomic E-state index is 12.8. The summed E-state index contributed by atoms with van der Waals surface area (Å²) >= 11 is 1.12. The fourth-order valence-electron chi connectivity index (χ4n) is 5.17. The van der Waals surface area contributed by atoms with E-state index in [-0.39, 0.29) is 40.2 Å². The van der Waals surface area contributed by atoms with E-state index in [1.807, 2.05) is 0 Å². The summed E-state index contributed by atoms with van der Waals surface area (Å²) in [5, 5.41) is 31.2. The van der Waals surface area contributed by atoms with Crippen LogP contribution in [0.4, 0.5) is 0 Å². The monoisotopic (exact) mass is 499 g/mol. The summed E-state index contributed by atoms with van der Waals surface area (Å²) in [6, 6.07) is 3.90. The lowest BCUT2D eigenvalue weighted by molar-refractivity contribution is -0.159. The van der Waals surface area contributed by atoms with E-state index in [2.05, 4.69) is 15.5 Å². The Labute approximate surface area is 202 Å². The molecule has 2 fully saturated rings. The number of benzene rings is 1. The second-order valence-electron chi connectivity index (χ2n) is 8.63.